The van der Waals surface area contributed by atoms with Crippen LogP contribution >= 0.6 is 15.9 Å². The Kier molecular flexibility index (Phi) is 4.73. The van der Waals surface area contributed by atoms with Gasteiger partial charge < -0.3 is 5.32 Å². The molecule has 1 unspecified atom stereocenters. The summed E-state index contributed by atoms with van der Waals surface area (Å²) >= 11 is 3.11. The zero-order chi connectivity index (χ0) is 13.1. The van der Waals surface area contributed by atoms with Gasteiger partial charge in [-0.3, -0.25) is 0 Å². The summed E-state index contributed by atoms with van der Waals surface area (Å²) in [6, 6.07) is 2.48. The summed E-state index contributed by atoms with van der Waals surface area (Å²) < 4.78 is 28.3. The lowest BCUT2D eigenvalue weighted by molar-refractivity contribution is 0.429. The smallest absolute Gasteiger partial charge is 0.132 e. The third-order valence-corrected chi connectivity index (χ3v) is 3.76. The highest BCUT2D eigenvalue weighted by Gasteiger charge is 2.29. The first kappa shape index (κ1) is 13.9. The van der Waals surface area contributed by atoms with Crippen molar-refractivity contribution in [2.24, 2.45) is 5.92 Å². The van der Waals surface area contributed by atoms with Gasteiger partial charge >= 0.3 is 0 Å². The Balaban J connectivity index is 2.22. The molecule has 1 aliphatic carbocycles. The minimum atomic E-state index is -0.462. The molecule has 18 heavy (non-hydrogen) atoms. The quantitative estimate of drug-likeness (QED) is 0.810. The van der Waals surface area contributed by atoms with Crippen molar-refractivity contribution in [3.63, 3.8) is 0 Å². The van der Waals surface area contributed by atoms with Gasteiger partial charge in [-0.1, -0.05) is 35.7 Å². The summed E-state index contributed by atoms with van der Waals surface area (Å²) in [6.45, 7) is 2.84. The van der Waals surface area contributed by atoms with E-state index < -0.39 is 11.6 Å². The third kappa shape index (κ3) is 3.51. The second-order valence-corrected chi connectivity index (χ2v) is 5.88. The predicted octanol–water partition coefficient (Wildman–Crippen LogP) is 4.57. The van der Waals surface area contributed by atoms with Gasteiger partial charge in [0.05, 0.1) is 0 Å². The molecule has 0 bridgehead atoms. The molecule has 2 rings (SSSR count). The van der Waals surface area contributed by atoms with Crippen LogP contribution in [0.5, 0.6) is 0 Å². The number of rotatable bonds is 6. The van der Waals surface area contributed by atoms with Crippen LogP contribution in [0.25, 0.3) is 0 Å². The largest absolute Gasteiger partial charge is 0.310 e. The molecule has 1 N–H and O–H groups in total. The minimum absolute atomic E-state index is 0.193. The monoisotopic (exact) mass is 317 g/mol. The van der Waals surface area contributed by atoms with E-state index in [0.717, 1.165) is 19.4 Å². The van der Waals surface area contributed by atoms with Gasteiger partial charge in [0, 0.05) is 16.1 Å². The molecule has 4 heteroatoms. The van der Waals surface area contributed by atoms with Crippen molar-refractivity contribution >= 4 is 15.9 Å². The fraction of sp³-hybridized carbons (Fsp3) is 0.571. The molecule has 0 amide bonds. The van der Waals surface area contributed by atoms with Crippen LogP contribution in [0.3, 0.4) is 0 Å². The molecular weight excluding hydrogens is 300 g/mol. The first-order chi connectivity index (χ1) is 8.61. The fourth-order valence-corrected chi connectivity index (χ4v) is 2.60. The zero-order valence-electron chi connectivity index (χ0n) is 10.5. The van der Waals surface area contributed by atoms with E-state index in [9.17, 15) is 8.78 Å². The molecule has 100 valence electrons. The van der Waals surface area contributed by atoms with Crippen LogP contribution in [0.4, 0.5) is 8.78 Å². The minimum Gasteiger partial charge on any atom is -0.310 e. The normalized spacial score (nSPS) is 16.9. The lowest BCUT2D eigenvalue weighted by Gasteiger charge is -2.20. The van der Waals surface area contributed by atoms with Crippen LogP contribution in [0.1, 0.15) is 44.2 Å². The van der Waals surface area contributed by atoms with E-state index in [1.54, 1.807) is 0 Å². The van der Waals surface area contributed by atoms with Gasteiger partial charge in [0.15, 0.2) is 0 Å². The molecule has 1 atom stereocenters. The number of hydrogen-bond donors (Lipinski definition) is 1. The number of hydrogen-bond acceptors (Lipinski definition) is 1. The Morgan fingerprint density at radius 2 is 1.94 bits per heavy atom. The summed E-state index contributed by atoms with van der Waals surface area (Å²) in [5.41, 5.74) is 0.193. The highest BCUT2D eigenvalue weighted by Crippen LogP contribution is 2.39. The lowest BCUT2D eigenvalue weighted by Crippen LogP contribution is -2.24. The molecular formula is C14H18BrF2N. The molecule has 0 saturated heterocycles. The summed E-state index contributed by atoms with van der Waals surface area (Å²) in [4.78, 5) is 0. The second kappa shape index (κ2) is 6.11. The molecule has 1 saturated carbocycles. The highest BCUT2D eigenvalue weighted by atomic mass is 79.9. The molecule has 1 nitrogen and oxygen atoms in total. The maximum absolute atomic E-state index is 13.9. The molecule has 1 aliphatic rings. The van der Waals surface area contributed by atoms with Crippen LogP contribution in [0, 0.1) is 17.6 Å². The van der Waals surface area contributed by atoms with Crippen LogP contribution in [0.2, 0.25) is 0 Å². The van der Waals surface area contributed by atoms with Gasteiger partial charge in [0.1, 0.15) is 11.6 Å². The van der Waals surface area contributed by atoms with Crippen LogP contribution < -0.4 is 5.32 Å². The summed E-state index contributed by atoms with van der Waals surface area (Å²) in [6.07, 6.45) is 4.16. The lowest BCUT2D eigenvalue weighted by atomic mass is 9.99. The Bertz CT molecular complexity index is 395. The summed E-state index contributed by atoms with van der Waals surface area (Å²) in [5, 5.41) is 3.26. The SMILES string of the molecule is CCCNC(CC1CC1)c1c(F)cc(Br)cc1F. The van der Waals surface area contributed by atoms with Gasteiger partial charge in [0.2, 0.25) is 0 Å². The first-order valence-electron chi connectivity index (χ1n) is 6.49. The van der Waals surface area contributed by atoms with Crippen LogP contribution in [0.15, 0.2) is 16.6 Å². The molecule has 0 radical (unpaired) electrons. The van der Waals surface area contributed by atoms with E-state index in [1.807, 2.05) is 0 Å². The zero-order valence-corrected chi connectivity index (χ0v) is 12.1. The van der Waals surface area contributed by atoms with E-state index in [1.165, 1.54) is 25.0 Å². The average molecular weight is 318 g/mol. The van der Waals surface area contributed by atoms with Gasteiger partial charge in [0.25, 0.3) is 0 Å². The van der Waals surface area contributed by atoms with E-state index in [4.69, 9.17) is 0 Å². The van der Waals surface area contributed by atoms with Gasteiger partial charge in [-0.15, -0.1) is 0 Å². The fourth-order valence-electron chi connectivity index (χ4n) is 2.19. The van der Waals surface area contributed by atoms with Crippen molar-refractivity contribution in [1.82, 2.24) is 5.32 Å². The third-order valence-electron chi connectivity index (χ3n) is 3.30. The summed E-state index contributed by atoms with van der Waals surface area (Å²) in [7, 11) is 0. The Morgan fingerprint density at radius 3 is 2.44 bits per heavy atom. The molecule has 0 aromatic heterocycles. The van der Waals surface area contributed by atoms with E-state index >= 15 is 0 Å². The van der Waals surface area contributed by atoms with E-state index in [2.05, 4.69) is 28.2 Å². The molecule has 1 fully saturated rings. The van der Waals surface area contributed by atoms with Crippen molar-refractivity contribution in [2.45, 2.75) is 38.6 Å². The van der Waals surface area contributed by atoms with E-state index in [0.29, 0.717) is 10.4 Å². The molecule has 1 aromatic rings. The molecule has 0 heterocycles. The van der Waals surface area contributed by atoms with Crippen LogP contribution in [-0.2, 0) is 0 Å². The topological polar surface area (TPSA) is 12.0 Å². The number of benzene rings is 1. The first-order valence-corrected chi connectivity index (χ1v) is 7.29. The number of nitrogens with one attached hydrogen (secondary N) is 1. The molecule has 0 spiro atoms. The Morgan fingerprint density at radius 1 is 1.33 bits per heavy atom. The maximum atomic E-state index is 13.9. The Labute approximate surface area is 115 Å². The Hall–Kier alpha value is -0.480. The van der Waals surface area contributed by atoms with Crippen molar-refractivity contribution in [1.29, 1.82) is 0 Å². The van der Waals surface area contributed by atoms with Gasteiger partial charge in [-0.2, -0.15) is 0 Å². The van der Waals surface area contributed by atoms with Crippen molar-refractivity contribution < 1.29 is 8.78 Å². The highest BCUT2D eigenvalue weighted by molar-refractivity contribution is 9.10. The average Bonchev–Trinajstić information content (AvgIpc) is 3.08. The standard InChI is InChI=1S/C14H18BrF2N/c1-2-5-18-13(6-9-3-4-9)14-11(16)7-10(15)8-12(14)17/h7-9,13,18H,2-6H2,1H3. The number of halogens is 3. The van der Waals surface area contributed by atoms with Crippen molar-refractivity contribution in [3.8, 4) is 0 Å². The summed E-state index contributed by atoms with van der Waals surface area (Å²) in [5.74, 6) is -0.297. The molecule has 1 aromatic carbocycles. The van der Waals surface area contributed by atoms with E-state index in [-0.39, 0.29) is 11.6 Å². The maximum Gasteiger partial charge on any atom is 0.132 e. The van der Waals surface area contributed by atoms with Crippen molar-refractivity contribution in [3.05, 3.63) is 33.8 Å². The van der Waals surface area contributed by atoms with Crippen molar-refractivity contribution in [2.75, 3.05) is 6.54 Å². The van der Waals surface area contributed by atoms with Gasteiger partial charge in [-0.25, -0.2) is 8.78 Å². The van der Waals surface area contributed by atoms with Crippen LogP contribution in [-0.4, -0.2) is 6.54 Å². The van der Waals surface area contributed by atoms with Gasteiger partial charge in [-0.05, 0) is 37.4 Å². The predicted molar refractivity (Wildman–Crippen MR) is 72.4 cm³/mol. The second-order valence-electron chi connectivity index (χ2n) is 4.97. The molecule has 0 aliphatic heterocycles.